The molecule has 4 nitrogen and oxygen atoms in total. The van der Waals surface area contributed by atoms with Crippen molar-refractivity contribution in [2.75, 3.05) is 5.32 Å². The highest BCUT2D eigenvalue weighted by Gasteiger charge is 2.12. The molecule has 1 aromatic carbocycles. The predicted octanol–water partition coefficient (Wildman–Crippen LogP) is 2.37. The second-order valence-corrected chi connectivity index (χ2v) is 4.50. The molecule has 1 aromatic rings. The van der Waals surface area contributed by atoms with Gasteiger partial charge in [0.05, 0.1) is 0 Å². The summed E-state index contributed by atoms with van der Waals surface area (Å²) in [5.41, 5.74) is 1.94. The van der Waals surface area contributed by atoms with Gasteiger partial charge in [0.1, 0.15) is 5.69 Å². The highest BCUT2D eigenvalue weighted by molar-refractivity contribution is 9.10. The van der Waals surface area contributed by atoms with E-state index in [0.29, 0.717) is 4.47 Å². The fourth-order valence-corrected chi connectivity index (χ4v) is 1.55. The second-order valence-electron chi connectivity index (χ2n) is 3.59. The minimum absolute atomic E-state index is 0.0601. The van der Waals surface area contributed by atoms with Gasteiger partial charge in [0.25, 0.3) is 0 Å². The van der Waals surface area contributed by atoms with Crippen molar-refractivity contribution in [1.82, 2.24) is 5.43 Å². The number of halogens is 3. The van der Waals surface area contributed by atoms with Gasteiger partial charge in [-0.2, -0.15) is 0 Å². The Balaban J connectivity index is 3.02. The van der Waals surface area contributed by atoms with Gasteiger partial charge in [-0.3, -0.25) is 5.43 Å². The van der Waals surface area contributed by atoms with Crippen LogP contribution in [0, 0.1) is 11.6 Å². The van der Waals surface area contributed by atoms with Crippen LogP contribution in [0.15, 0.2) is 21.6 Å². The molecule has 0 amide bonds. The first-order valence-electron chi connectivity index (χ1n) is 4.90. The summed E-state index contributed by atoms with van der Waals surface area (Å²) in [6, 6.07) is 2.24. The van der Waals surface area contributed by atoms with Gasteiger partial charge in [0.15, 0.2) is 11.6 Å². The second kappa shape index (κ2) is 5.92. The molecule has 0 radical (unpaired) electrons. The minimum Gasteiger partial charge on any atom is -0.320 e. The van der Waals surface area contributed by atoms with Crippen LogP contribution in [0.1, 0.15) is 13.8 Å². The summed E-state index contributed by atoms with van der Waals surface area (Å²) in [4.78, 5) is 4.02. The fourth-order valence-electron chi connectivity index (χ4n) is 1.14. The van der Waals surface area contributed by atoms with E-state index >= 15 is 0 Å². The lowest BCUT2D eigenvalue weighted by atomic mass is 10.3. The number of aliphatic imine (C=N–C) groups is 1. The number of anilines is 1. The lowest BCUT2D eigenvalue weighted by molar-refractivity contribution is 0.589. The molecule has 0 aliphatic carbocycles. The lowest BCUT2D eigenvalue weighted by Gasteiger charge is -2.12. The van der Waals surface area contributed by atoms with Crippen LogP contribution in [-0.4, -0.2) is 12.0 Å². The van der Waals surface area contributed by atoms with E-state index in [1.807, 2.05) is 13.8 Å². The van der Waals surface area contributed by atoms with Gasteiger partial charge in [-0.25, -0.2) is 19.6 Å². The Hall–Kier alpha value is -1.21. The van der Waals surface area contributed by atoms with E-state index in [-0.39, 0.29) is 17.7 Å². The number of benzene rings is 1. The molecule has 7 heteroatoms. The molecule has 0 saturated carbocycles. The summed E-state index contributed by atoms with van der Waals surface area (Å²) in [5, 5.41) is 2.47. The van der Waals surface area contributed by atoms with E-state index in [1.54, 1.807) is 0 Å². The normalized spacial score (nSPS) is 11.8. The van der Waals surface area contributed by atoms with Gasteiger partial charge in [-0.1, -0.05) is 15.9 Å². The third kappa shape index (κ3) is 3.94. The monoisotopic (exact) mass is 306 g/mol. The maximum absolute atomic E-state index is 13.5. The van der Waals surface area contributed by atoms with E-state index in [0.717, 1.165) is 12.1 Å². The SMILES string of the molecule is CC(C)N=C(NN)Nc1c(F)cc(Br)cc1F. The first kappa shape index (κ1) is 13.9. The molecule has 0 aromatic heterocycles. The highest BCUT2D eigenvalue weighted by Crippen LogP contribution is 2.23. The Morgan fingerprint density at radius 1 is 1.35 bits per heavy atom. The summed E-state index contributed by atoms with van der Waals surface area (Å²) in [6.07, 6.45) is 0. The molecule has 94 valence electrons. The fraction of sp³-hybridized carbons (Fsp3) is 0.300. The molecule has 0 heterocycles. The first-order chi connectivity index (χ1) is 7.93. The zero-order valence-corrected chi connectivity index (χ0v) is 11.0. The summed E-state index contributed by atoms with van der Waals surface area (Å²) in [7, 11) is 0. The average molecular weight is 307 g/mol. The standard InChI is InChI=1S/C10H13BrF2N4/c1-5(2)15-10(17-14)16-9-7(12)3-6(11)4-8(9)13/h3-5H,14H2,1-2H3,(H2,15,16,17). The van der Waals surface area contributed by atoms with Gasteiger partial charge < -0.3 is 5.32 Å². The molecule has 4 N–H and O–H groups in total. The van der Waals surface area contributed by atoms with E-state index in [9.17, 15) is 8.78 Å². The topological polar surface area (TPSA) is 62.4 Å². The predicted molar refractivity (Wildman–Crippen MR) is 67.6 cm³/mol. The molecular weight excluding hydrogens is 294 g/mol. The van der Waals surface area contributed by atoms with Crippen LogP contribution in [0.5, 0.6) is 0 Å². The molecule has 0 saturated heterocycles. The van der Waals surface area contributed by atoms with Crippen molar-refractivity contribution in [3.05, 3.63) is 28.2 Å². The van der Waals surface area contributed by atoms with Crippen molar-refractivity contribution in [2.24, 2.45) is 10.8 Å². The first-order valence-corrected chi connectivity index (χ1v) is 5.69. The molecule has 0 bridgehead atoms. The molecule has 0 spiro atoms. The van der Waals surface area contributed by atoms with Crippen molar-refractivity contribution >= 4 is 27.6 Å². The van der Waals surface area contributed by atoms with E-state index in [2.05, 4.69) is 31.7 Å². The Labute approximate surface area is 106 Å². The molecule has 0 fully saturated rings. The molecule has 17 heavy (non-hydrogen) atoms. The largest absolute Gasteiger partial charge is 0.320 e. The summed E-state index contributed by atoms with van der Waals surface area (Å²) >= 11 is 2.99. The minimum atomic E-state index is -0.733. The van der Waals surface area contributed by atoms with Crippen molar-refractivity contribution in [3.8, 4) is 0 Å². The number of nitrogens with zero attached hydrogens (tertiary/aromatic N) is 1. The number of hydrogen-bond donors (Lipinski definition) is 3. The Bertz CT molecular complexity index is 411. The summed E-state index contributed by atoms with van der Waals surface area (Å²) < 4.78 is 27.3. The van der Waals surface area contributed by atoms with E-state index in [4.69, 9.17) is 5.84 Å². The number of rotatable bonds is 2. The molecular formula is C10H13BrF2N4. The van der Waals surface area contributed by atoms with Crippen LogP contribution in [0.25, 0.3) is 0 Å². The molecule has 0 atom stereocenters. The van der Waals surface area contributed by atoms with Crippen LogP contribution in [-0.2, 0) is 0 Å². The summed E-state index contributed by atoms with van der Waals surface area (Å²) in [6.45, 7) is 3.63. The molecule has 1 rings (SSSR count). The third-order valence-electron chi connectivity index (χ3n) is 1.77. The van der Waals surface area contributed by atoms with Gasteiger partial charge in [0, 0.05) is 10.5 Å². The Morgan fingerprint density at radius 3 is 2.29 bits per heavy atom. The van der Waals surface area contributed by atoms with Crippen LogP contribution in [0.4, 0.5) is 14.5 Å². The number of guanidine groups is 1. The van der Waals surface area contributed by atoms with Crippen molar-refractivity contribution in [1.29, 1.82) is 0 Å². The Morgan fingerprint density at radius 2 is 1.88 bits per heavy atom. The van der Waals surface area contributed by atoms with E-state index in [1.165, 1.54) is 0 Å². The number of nitrogens with one attached hydrogen (secondary N) is 2. The zero-order chi connectivity index (χ0) is 13.0. The van der Waals surface area contributed by atoms with Crippen LogP contribution in [0.2, 0.25) is 0 Å². The maximum Gasteiger partial charge on any atom is 0.210 e. The van der Waals surface area contributed by atoms with Crippen molar-refractivity contribution in [2.45, 2.75) is 19.9 Å². The third-order valence-corrected chi connectivity index (χ3v) is 2.23. The van der Waals surface area contributed by atoms with E-state index < -0.39 is 11.6 Å². The quantitative estimate of drug-likeness (QED) is 0.340. The van der Waals surface area contributed by atoms with Crippen LogP contribution in [0.3, 0.4) is 0 Å². The average Bonchev–Trinajstić information content (AvgIpc) is 2.20. The van der Waals surface area contributed by atoms with Crippen molar-refractivity contribution < 1.29 is 8.78 Å². The van der Waals surface area contributed by atoms with Gasteiger partial charge in [-0.15, -0.1) is 0 Å². The van der Waals surface area contributed by atoms with Gasteiger partial charge >= 0.3 is 0 Å². The Kier molecular flexibility index (Phi) is 4.83. The number of hydrogen-bond acceptors (Lipinski definition) is 2. The molecule has 0 unspecified atom stereocenters. The molecule has 0 aliphatic heterocycles. The van der Waals surface area contributed by atoms with Crippen LogP contribution >= 0.6 is 15.9 Å². The van der Waals surface area contributed by atoms with Gasteiger partial charge in [-0.05, 0) is 26.0 Å². The number of nitrogens with two attached hydrogens (primary N) is 1. The number of hydrazine groups is 1. The molecule has 0 aliphatic rings. The summed E-state index contributed by atoms with van der Waals surface area (Å²) in [5.74, 6) is 3.83. The smallest absolute Gasteiger partial charge is 0.210 e. The highest BCUT2D eigenvalue weighted by atomic mass is 79.9. The maximum atomic E-state index is 13.5. The lowest BCUT2D eigenvalue weighted by Crippen LogP contribution is -2.37. The van der Waals surface area contributed by atoms with Gasteiger partial charge in [0.2, 0.25) is 5.96 Å². The van der Waals surface area contributed by atoms with Crippen LogP contribution < -0.4 is 16.6 Å². The van der Waals surface area contributed by atoms with Crippen molar-refractivity contribution in [3.63, 3.8) is 0 Å². The zero-order valence-electron chi connectivity index (χ0n) is 9.39.